The number of phenolic OH excluding ortho intramolecular Hbond substituents is 1. The summed E-state index contributed by atoms with van der Waals surface area (Å²) in [6.45, 7) is 5.48. The maximum Gasteiger partial charge on any atom is 0.355 e. The van der Waals surface area contributed by atoms with Crippen LogP contribution in [-0.4, -0.2) is 44.1 Å². The number of carboxylic acids is 1. The topological polar surface area (TPSA) is 149 Å². The Morgan fingerprint density at radius 3 is 2.37 bits per heavy atom. The molecule has 0 spiro atoms. The number of hydrogen-bond donors (Lipinski definition) is 5. The second-order valence-corrected chi connectivity index (χ2v) is 8.02. The van der Waals surface area contributed by atoms with Crippen LogP contribution in [0.15, 0.2) is 24.3 Å². The number of benzene rings is 1. The first-order valence-electron chi connectivity index (χ1n) is 9.46. The second kappa shape index (κ2) is 10.2. The van der Waals surface area contributed by atoms with E-state index in [9.17, 15) is 29.7 Å². The molecule has 0 saturated heterocycles. The largest absolute Gasteiger partial charge is 0.508 e. The van der Waals surface area contributed by atoms with Gasteiger partial charge in [-0.1, -0.05) is 45.4 Å². The number of rotatable bonds is 9. The van der Waals surface area contributed by atoms with Gasteiger partial charge in [0, 0.05) is 10.4 Å². The van der Waals surface area contributed by atoms with Gasteiger partial charge in [-0.3, -0.25) is 9.59 Å². The van der Waals surface area contributed by atoms with Gasteiger partial charge in [0.25, 0.3) is 5.91 Å². The molecule has 2 amide bonds. The molecule has 30 heavy (non-hydrogen) atoms. The second-order valence-electron chi connectivity index (χ2n) is 6.99. The number of carbonyl (C=O) groups is 3. The lowest BCUT2D eigenvalue weighted by Crippen LogP contribution is -2.45. The number of anilines is 1. The van der Waals surface area contributed by atoms with Crippen molar-refractivity contribution in [1.29, 1.82) is 0 Å². The lowest BCUT2D eigenvalue weighted by Gasteiger charge is -2.19. The third kappa shape index (κ3) is 5.55. The molecule has 5 N–H and O–H groups in total. The van der Waals surface area contributed by atoms with E-state index in [0.717, 1.165) is 11.3 Å². The van der Waals surface area contributed by atoms with Gasteiger partial charge in [0.2, 0.25) is 5.91 Å². The molecule has 0 aliphatic carbocycles. The molecular formula is C20H25N3O6S. The van der Waals surface area contributed by atoms with Crippen molar-refractivity contribution in [3.63, 3.8) is 0 Å². The van der Waals surface area contributed by atoms with Crippen molar-refractivity contribution in [3.05, 3.63) is 40.4 Å². The molecule has 9 nitrogen and oxygen atoms in total. The first kappa shape index (κ1) is 23.3. The van der Waals surface area contributed by atoms with Gasteiger partial charge in [-0.25, -0.2) is 9.78 Å². The van der Waals surface area contributed by atoms with Gasteiger partial charge in [-0.2, -0.15) is 0 Å². The van der Waals surface area contributed by atoms with Gasteiger partial charge in [-0.05, 0) is 18.4 Å². The van der Waals surface area contributed by atoms with Crippen LogP contribution in [0.4, 0.5) is 5.13 Å². The summed E-state index contributed by atoms with van der Waals surface area (Å²) < 4.78 is 0. The third-order valence-electron chi connectivity index (χ3n) is 4.30. The summed E-state index contributed by atoms with van der Waals surface area (Å²) in [5, 5.41) is 34.5. The summed E-state index contributed by atoms with van der Waals surface area (Å²) in [7, 11) is 0. The van der Waals surface area contributed by atoms with Crippen LogP contribution in [0, 0.1) is 0 Å². The Hall–Kier alpha value is -2.98. The number of para-hydroxylation sites is 1. The number of carbonyl (C=O) groups excluding carboxylic acids is 2. The first-order chi connectivity index (χ1) is 14.1. The normalized spacial score (nSPS) is 13.0. The number of carboxylic acid groups (broad SMARTS) is 1. The SMILES string of the molecule is CCC[C@H](NC(=O)C(O)c1ccccc1O)C(=O)Nc1nc(C(=O)O)c(C(C)C)s1. The fourth-order valence-corrected chi connectivity index (χ4v) is 3.75. The number of nitrogens with zero attached hydrogens (tertiary/aromatic N) is 1. The molecule has 0 aliphatic rings. The summed E-state index contributed by atoms with van der Waals surface area (Å²) in [4.78, 5) is 41.0. The predicted octanol–water partition coefficient (Wildman–Crippen LogP) is 2.63. The average molecular weight is 436 g/mol. The molecule has 0 saturated carbocycles. The van der Waals surface area contributed by atoms with Crippen molar-refractivity contribution in [2.24, 2.45) is 0 Å². The molecule has 1 heterocycles. The Kier molecular flexibility index (Phi) is 7.90. The van der Waals surface area contributed by atoms with Crippen LogP contribution < -0.4 is 10.6 Å². The molecule has 10 heteroatoms. The molecule has 1 aromatic heterocycles. The molecule has 0 bridgehead atoms. The van der Waals surface area contributed by atoms with Crippen molar-refractivity contribution in [1.82, 2.24) is 10.3 Å². The third-order valence-corrected chi connectivity index (χ3v) is 5.57. The molecule has 0 fully saturated rings. The Morgan fingerprint density at radius 2 is 1.83 bits per heavy atom. The van der Waals surface area contributed by atoms with Crippen LogP contribution >= 0.6 is 11.3 Å². The summed E-state index contributed by atoms with van der Waals surface area (Å²) >= 11 is 1.06. The van der Waals surface area contributed by atoms with Crippen molar-refractivity contribution >= 4 is 34.3 Å². The number of thiazole rings is 1. The maximum atomic E-state index is 12.7. The van der Waals surface area contributed by atoms with E-state index >= 15 is 0 Å². The standard InChI is InChI=1S/C20H25N3O6S/c1-4-7-12(21-18(27)15(25)11-8-5-6-9-13(11)24)17(26)23-20-22-14(19(28)29)16(30-20)10(2)3/h5-6,8-10,12,15,24-25H,4,7H2,1-3H3,(H,21,27)(H,28,29)(H,22,23,26)/t12-,15?/m0/s1. The van der Waals surface area contributed by atoms with E-state index in [-0.39, 0.29) is 28.1 Å². The van der Waals surface area contributed by atoms with E-state index in [1.54, 1.807) is 12.1 Å². The van der Waals surface area contributed by atoms with Crippen molar-refractivity contribution in [2.75, 3.05) is 5.32 Å². The zero-order valence-electron chi connectivity index (χ0n) is 16.9. The first-order valence-corrected chi connectivity index (χ1v) is 10.3. The predicted molar refractivity (Wildman–Crippen MR) is 112 cm³/mol. The maximum absolute atomic E-state index is 12.7. The molecule has 162 valence electrons. The van der Waals surface area contributed by atoms with Gasteiger partial charge < -0.3 is 26.0 Å². The van der Waals surface area contributed by atoms with Gasteiger partial charge in [0.15, 0.2) is 16.9 Å². The number of phenols is 1. The van der Waals surface area contributed by atoms with Crippen LogP contribution in [-0.2, 0) is 9.59 Å². The van der Waals surface area contributed by atoms with Crippen LogP contribution in [0.2, 0.25) is 0 Å². The fourth-order valence-electron chi connectivity index (χ4n) is 2.79. The van der Waals surface area contributed by atoms with Crippen LogP contribution in [0.1, 0.15) is 66.6 Å². The zero-order chi connectivity index (χ0) is 22.4. The van der Waals surface area contributed by atoms with Crippen LogP contribution in [0.3, 0.4) is 0 Å². The highest BCUT2D eigenvalue weighted by Gasteiger charge is 2.27. The molecule has 0 aliphatic heterocycles. The molecule has 2 aromatic rings. The summed E-state index contributed by atoms with van der Waals surface area (Å²) in [5.74, 6) is -2.91. The molecule has 2 atom stereocenters. The summed E-state index contributed by atoms with van der Waals surface area (Å²) in [5.41, 5.74) is -0.0883. The van der Waals surface area contributed by atoms with Crippen LogP contribution in [0.25, 0.3) is 0 Å². The fraction of sp³-hybridized carbons (Fsp3) is 0.400. The highest BCUT2D eigenvalue weighted by Crippen LogP contribution is 2.30. The number of aromatic nitrogens is 1. The highest BCUT2D eigenvalue weighted by atomic mass is 32.1. The lowest BCUT2D eigenvalue weighted by atomic mass is 10.1. The Bertz CT molecular complexity index is 927. The van der Waals surface area contributed by atoms with E-state index in [2.05, 4.69) is 15.6 Å². The Labute approximate surface area is 177 Å². The number of aliphatic hydroxyl groups is 1. The van der Waals surface area contributed by atoms with Crippen molar-refractivity contribution < 1.29 is 29.7 Å². The van der Waals surface area contributed by atoms with Crippen molar-refractivity contribution in [3.8, 4) is 5.75 Å². The van der Waals surface area contributed by atoms with Gasteiger partial charge in [0.1, 0.15) is 11.8 Å². The number of nitrogens with one attached hydrogen (secondary N) is 2. The average Bonchev–Trinajstić information content (AvgIpc) is 3.12. The number of aliphatic hydroxyl groups excluding tert-OH is 1. The lowest BCUT2D eigenvalue weighted by molar-refractivity contribution is -0.133. The zero-order valence-corrected chi connectivity index (χ0v) is 17.7. The van der Waals surface area contributed by atoms with E-state index in [1.807, 2.05) is 20.8 Å². The number of amides is 2. The van der Waals surface area contributed by atoms with Gasteiger partial charge in [-0.15, -0.1) is 11.3 Å². The summed E-state index contributed by atoms with van der Waals surface area (Å²) in [6, 6.07) is 4.91. The minimum Gasteiger partial charge on any atom is -0.508 e. The Morgan fingerprint density at radius 1 is 1.17 bits per heavy atom. The molecular weight excluding hydrogens is 410 g/mol. The van der Waals surface area contributed by atoms with Gasteiger partial charge in [0.05, 0.1) is 0 Å². The monoisotopic (exact) mass is 435 g/mol. The van der Waals surface area contributed by atoms with Crippen molar-refractivity contribution in [2.45, 2.75) is 51.7 Å². The quantitative estimate of drug-likeness (QED) is 0.406. The smallest absolute Gasteiger partial charge is 0.355 e. The number of hydrogen-bond acceptors (Lipinski definition) is 7. The van der Waals surface area contributed by atoms with Gasteiger partial charge >= 0.3 is 5.97 Å². The Balaban J connectivity index is 2.15. The van der Waals surface area contributed by atoms with E-state index < -0.39 is 29.9 Å². The molecule has 1 aromatic carbocycles. The van der Waals surface area contributed by atoms with E-state index in [0.29, 0.717) is 17.7 Å². The minimum atomic E-state index is -1.65. The van der Waals surface area contributed by atoms with E-state index in [1.165, 1.54) is 12.1 Å². The molecule has 1 unspecified atom stereocenters. The molecule has 2 rings (SSSR count). The minimum absolute atomic E-state index is 0.0262. The number of aromatic hydroxyl groups is 1. The van der Waals surface area contributed by atoms with Crippen LogP contribution in [0.5, 0.6) is 5.75 Å². The number of aromatic carboxylic acids is 1. The molecule has 0 radical (unpaired) electrons. The van der Waals surface area contributed by atoms with E-state index in [4.69, 9.17) is 0 Å². The summed E-state index contributed by atoms with van der Waals surface area (Å²) in [6.07, 6.45) is -0.788. The highest BCUT2D eigenvalue weighted by molar-refractivity contribution is 7.16.